The molecular formula is C28H26N6O2S2. The summed E-state index contributed by atoms with van der Waals surface area (Å²) >= 11 is 2.71. The van der Waals surface area contributed by atoms with Gasteiger partial charge in [0, 0.05) is 11.3 Å². The van der Waals surface area contributed by atoms with E-state index in [-0.39, 0.29) is 24.1 Å². The van der Waals surface area contributed by atoms with E-state index >= 15 is 0 Å². The third-order valence-corrected chi connectivity index (χ3v) is 7.89. The molecule has 5 rings (SSSR count). The first kappa shape index (κ1) is 25.6. The van der Waals surface area contributed by atoms with Gasteiger partial charge in [0.1, 0.15) is 0 Å². The van der Waals surface area contributed by atoms with Crippen molar-refractivity contribution in [1.29, 1.82) is 0 Å². The molecule has 0 spiro atoms. The van der Waals surface area contributed by atoms with Gasteiger partial charge in [-0.15, -0.1) is 10.2 Å². The lowest BCUT2D eigenvalue weighted by Crippen LogP contribution is -2.24. The number of thioether (sulfide) groups is 1. The Morgan fingerprint density at radius 2 is 1.79 bits per heavy atom. The fraction of sp³-hybridized carbons (Fsp3) is 0.179. The molecule has 2 N–H and O–H groups in total. The number of hydrogen-bond donors (Lipinski definition) is 2. The van der Waals surface area contributed by atoms with Crippen molar-refractivity contribution in [2.24, 2.45) is 0 Å². The fourth-order valence-corrected chi connectivity index (χ4v) is 5.54. The van der Waals surface area contributed by atoms with Gasteiger partial charge in [-0.25, -0.2) is 4.98 Å². The van der Waals surface area contributed by atoms with Crippen LogP contribution >= 0.6 is 23.1 Å². The minimum absolute atomic E-state index is 0.134. The van der Waals surface area contributed by atoms with Crippen molar-refractivity contribution in [2.75, 3.05) is 11.1 Å². The highest BCUT2D eigenvalue weighted by molar-refractivity contribution is 7.99. The van der Waals surface area contributed by atoms with Gasteiger partial charge >= 0.3 is 0 Å². The second-order valence-corrected chi connectivity index (χ2v) is 10.9. The Labute approximate surface area is 228 Å². The average Bonchev–Trinajstić information content (AvgIpc) is 3.50. The monoisotopic (exact) mass is 542 g/mol. The van der Waals surface area contributed by atoms with Crippen LogP contribution in [0.15, 0.2) is 71.9 Å². The molecule has 0 radical (unpaired) electrons. The molecule has 0 saturated heterocycles. The maximum Gasteiger partial charge on any atom is 0.251 e. The van der Waals surface area contributed by atoms with E-state index in [0.29, 0.717) is 21.7 Å². The summed E-state index contributed by atoms with van der Waals surface area (Å²) in [7, 11) is 0. The molecule has 2 aromatic heterocycles. The Balaban J connectivity index is 1.32. The van der Waals surface area contributed by atoms with E-state index in [2.05, 4.69) is 25.8 Å². The number of rotatable bonds is 8. The zero-order valence-corrected chi connectivity index (χ0v) is 22.8. The number of aryl methyl sites for hydroxylation is 3. The Bertz CT molecular complexity index is 1610. The van der Waals surface area contributed by atoms with Gasteiger partial charge in [-0.3, -0.25) is 14.2 Å². The summed E-state index contributed by atoms with van der Waals surface area (Å²) in [5.74, 6) is 0.338. The Morgan fingerprint density at radius 3 is 2.58 bits per heavy atom. The molecular weight excluding hydrogens is 516 g/mol. The molecule has 8 nitrogen and oxygen atoms in total. The van der Waals surface area contributed by atoms with Gasteiger partial charge in [0.2, 0.25) is 5.91 Å². The first-order valence-electron chi connectivity index (χ1n) is 12.0. The van der Waals surface area contributed by atoms with E-state index in [9.17, 15) is 9.59 Å². The molecule has 0 aliphatic rings. The topological polar surface area (TPSA) is 102 Å². The Morgan fingerprint density at radius 1 is 0.947 bits per heavy atom. The van der Waals surface area contributed by atoms with Crippen molar-refractivity contribution in [3.05, 3.63) is 94.8 Å². The predicted molar refractivity (Wildman–Crippen MR) is 152 cm³/mol. The van der Waals surface area contributed by atoms with E-state index < -0.39 is 0 Å². The SMILES string of the molecule is Cc1cccc(-n2c(CNC(=O)c3ccc(C)c(C)c3)nnc2SCC(=O)Nc2nc3ccccc3s2)c1. The molecule has 10 heteroatoms. The quantitative estimate of drug-likeness (QED) is 0.252. The van der Waals surface area contributed by atoms with Crippen LogP contribution in [0.5, 0.6) is 0 Å². The number of thiazole rings is 1. The van der Waals surface area contributed by atoms with Crippen LogP contribution < -0.4 is 10.6 Å². The first-order chi connectivity index (χ1) is 18.4. The number of nitrogens with zero attached hydrogens (tertiary/aromatic N) is 4. The molecule has 0 aliphatic heterocycles. The summed E-state index contributed by atoms with van der Waals surface area (Å²) in [5, 5.41) is 15.6. The molecule has 192 valence electrons. The highest BCUT2D eigenvalue weighted by Crippen LogP contribution is 2.27. The number of anilines is 1. The zero-order chi connectivity index (χ0) is 26.6. The summed E-state index contributed by atoms with van der Waals surface area (Å²) < 4.78 is 2.89. The van der Waals surface area contributed by atoms with Crippen molar-refractivity contribution >= 4 is 50.3 Å². The van der Waals surface area contributed by atoms with Crippen LogP contribution in [0, 0.1) is 20.8 Å². The third kappa shape index (κ3) is 5.76. The van der Waals surface area contributed by atoms with Crippen LogP contribution in [0.1, 0.15) is 32.9 Å². The molecule has 0 saturated carbocycles. The van der Waals surface area contributed by atoms with Gasteiger partial charge in [-0.2, -0.15) is 0 Å². The van der Waals surface area contributed by atoms with Crippen molar-refractivity contribution in [3.63, 3.8) is 0 Å². The number of nitrogens with one attached hydrogen (secondary N) is 2. The molecule has 0 aliphatic carbocycles. The number of amides is 2. The zero-order valence-electron chi connectivity index (χ0n) is 21.2. The van der Waals surface area contributed by atoms with Gasteiger partial charge in [-0.1, -0.05) is 53.4 Å². The maximum absolute atomic E-state index is 12.8. The van der Waals surface area contributed by atoms with Crippen molar-refractivity contribution in [3.8, 4) is 5.69 Å². The van der Waals surface area contributed by atoms with Gasteiger partial charge in [0.15, 0.2) is 16.1 Å². The van der Waals surface area contributed by atoms with Crippen LogP contribution in [0.3, 0.4) is 0 Å². The van der Waals surface area contributed by atoms with E-state index in [0.717, 1.165) is 32.6 Å². The number of aromatic nitrogens is 4. The number of hydrogen-bond acceptors (Lipinski definition) is 7. The molecule has 0 fully saturated rings. The molecule has 0 unspecified atom stereocenters. The van der Waals surface area contributed by atoms with Gasteiger partial charge < -0.3 is 10.6 Å². The molecule has 0 bridgehead atoms. The normalized spacial score (nSPS) is 11.0. The van der Waals surface area contributed by atoms with Gasteiger partial charge in [0.05, 0.1) is 22.5 Å². The van der Waals surface area contributed by atoms with Gasteiger partial charge in [0.25, 0.3) is 5.91 Å². The van der Waals surface area contributed by atoms with Crippen LogP contribution in [-0.4, -0.2) is 37.3 Å². The Hall–Kier alpha value is -4.02. The third-order valence-electron chi connectivity index (χ3n) is 6.01. The smallest absolute Gasteiger partial charge is 0.251 e. The molecule has 2 heterocycles. The standard InChI is InChI=1S/C28H26N6O2S2/c1-17-7-6-8-21(13-17)34-24(15-29-26(36)20-12-11-18(2)19(3)14-20)32-33-28(34)37-16-25(35)31-27-30-22-9-4-5-10-23(22)38-27/h4-14H,15-16H2,1-3H3,(H,29,36)(H,30,31,35). The number of benzene rings is 3. The van der Waals surface area contributed by atoms with Crippen LogP contribution in [0.25, 0.3) is 15.9 Å². The largest absolute Gasteiger partial charge is 0.345 e. The lowest BCUT2D eigenvalue weighted by molar-refractivity contribution is -0.113. The van der Waals surface area contributed by atoms with E-state index in [1.807, 2.05) is 92.1 Å². The Kier molecular flexibility index (Phi) is 7.52. The van der Waals surface area contributed by atoms with Crippen molar-refractivity contribution in [2.45, 2.75) is 32.5 Å². The highest BCUT2D eigenvalue weighted by atomic mass is 32.2. The number of para-hydroxylation sites is 1. The minimum Gasteiger partial charge on any atom is -0.345 e. The summed E-state index contributed by atoms with van der Waals surface area (Å²) in [6.45, 7) is 6.19. The number of carbonyl (C=O) groups excluding carboxylic acids is 2. The van der Waals surface area contributed by atoms with Crippen LogP contribution in [0.2, 0.25) is 0 Å². The summed E-state index contributed by atoms with van der Waals surface area (Å²) in [6, 6.07) is 21.3. The van der Waals surface area contributed by atoms with Crippen LogP contribution in [0.4, 0.5) is 5.13 Å². The number of carbonyl (C=O) groups is 2. The fourth-order valence-electron chi connectivity index (χ4n) is 3.89. The van der Waals surface area contributed by atoms with E-state index in [1.165, 1.54) is 23.1 Å². The number of fused-ring (bicyclic) bond motifs is 1. The molecule has 5 aromatic rings. The van der Waals surface area contributed by atoms with Crippen LogP contribution in [-0.2, 0) is 11.3 Å². The molecule has 0 atom stereocenters. The lowest BCUT2D eigenvalue weighted by atomic mass is 10.1. The summed E-state index contributed by atoms with van der Waals surface area (Å²) in [5.41, 5.74) is 5.58. The second-order valence-electron chi connectivity index (χ2n) is 8.88. The first-order valence-corrected chi connectivity index (χ1v) is 13.8. The second kappa shape index (κ2) is 11.2. The van der Waals surface area contributed by atoms with Crippen molar-refractivity contribution in [1.82, 2.24) is 25.1 Å². The lowest BCUT2D eigenvalue weighted by Gasteiger charge is -2.12. The molecule has 2 amide bonds. The predicted octanol–water partition coefficient (Wildman–Crippen LogP) is 5.46. The van der Waals surface area contributed by atoms with Gasteiger partial charge in [-0.05, 0) is 73.9 Å². The summed E-state index contributed by atoms with van der Waals surface area (Å²) in [6.07, 6.45) is 0. The molecule has 38 heavy (non-hydrogen) atoms. The highest BCUT2D eigenvalue weighted by Gasteiger charge is 2.18. The van der Waals surface area contributed by atoms with Crippen molar-refractivity contribution < 1.29 is 9.59 Å². The van der Waals surface area contributed by atoms with E-state index in [1.54, 1.807) is 0 Å². The maximum atomic E-state index is 12.8. The van der Waals surface area contributed by atoms with E-state index in [4.69, 9.17) is 0 Å². The molecule has 3 aromatic carbocycles. The minimum atomic E-state index is -0.184. The summed E-state index contributed by atoms with van der Waals surface area (Å²) in [4.78, 5) is 30.0. The average molecular weight is 543 g/mol.